The van der Waals surface area contributed by atoms with E-state index in [1.165, 1.54) is 19.2 Å². The summed E-state index contributed by atoms with van der Waals surface area (Å²) in [6.45, 7) is 1.68. The SMILES string of the molecule is CCOC(=O)C(Cc1ccc(OC)c(F)c1)C(=O)O. The van der Waals surface area contributed by atoms with Crippen molar-refractivity contribution in [2.45, 2.75) is 13.3 Å². The number of ether oxygens (including phenoxy) is 2. The monoisotopic (exact) mass is 270 g/mol. The van der Waals surface area contributed by atoms with E-state index in [4.69, 9.17) is 9.84 Å². The van der Waals surface area contributed by atoms with Crippen molar-refractivity contribution in [1.29, 1.82) is 0 Å². The van der Waals surface area contributed by atoms with E-state index < -0.39 is 23.7 Å². The highest BCUT2D eigenvalue weighted by Crippen LogP contribution is 2.20. The normalized spacial score (nSPS) is 11.7. The van der Waals surface area contributed by atoms with E-state index in [0.717, 1.165) is 6.07 Å². The molecule has 0 spiro atoms. The molecule has 1 rings (SSSR count). The fourth-order valence-electron chi connectivity index (χ4n) is 1.59. The number of carboxylic acids is 1. The Morgan fingerprint density at radius 3 is 2.58 bits per heavy atom. The van der Waals surface area contributed by atoms with Crippen LogP contribution in [-0.4, -0.2) is 30.8 Å². The van der Waals surface area contributed by atoms with Gasteiger partial charge in [0, 0.05) is 0 Å². The summed E-state index contributed by atoms with van der Waals surface area (Å²) in [6.07, 6.45) is -0.130. The Labute approximate surface area is 109 Å². The van der Waals surface area contributed by atoms with E-state index in [9.17, 15) is 14.0 Å². The molecule has 0 heterocycles. The summed E-state index contributed by atoms with van der Waals surface area (Å²) >= 11 is 0. The molecule has 0 fully saturated rings. The maximum atomic E-state index is 13.5. The van der Waals surface area contributed by atoms with Gasteiger partial charge in [0.2, 0.25) is 0 Å². The van der Waals surface area contributed by atoms with E-state index in [2.05, 4.69) is 4.74 Å². The maximum absolute atomic E-state index is 13.5. The van der Waals surface area contributed by atoms with Crippen LogP contribution in [0.2, 0.25) is 0 Å². The molecule has 0 radical (unpaired) electrons. The van der Waals surface area contributed by atoms with Gasteiger partial charge in [-0.3, -0.25) is 9.59 Å². The Hall–Kier alpha value is -2.11. The Balaban J connectivity index is 2.88. The summed E-state index contributed by atoms with van der Waals surface area (Å²) in [4.78, 5) is 22.5. The Kier molecular flexibility index (Phi) is 5.29. The molecule has 19 heavy (non-hydrogen) atoms. The van der Waals surface area contributed by atoms with Crippen molar-refractivity contribution in [2.24, 2.45) is 5.92 Å². The van der Waals surface area contributed by atoms with Crippen LogP contribution < -0.4 is 4.74 Å². The third-order valence-corrected chi connectivity index (χ3v) is 2.53. The van der Waals surface area contributed by atoms with Crippen molar-refractivity contribution in [2.75, 3.05) is 13.7 Å². The van der Waals surface area contributed by atoms with Crippen LogP contribution in [0.5, 0.6) is 5.75 Å². The number of hydrogen-bond acceptors (Lipinski definition) is 4. The molecule has 6 heteroatoms. The van der Waals surface area contributed by atoms with Crippen LogP contribution >= 0.6 is 0 Å². The molecule has 1 N–H and O–H groups in total. The van der Waals surface area contributed by atoms with Gasteiger partial charge in [-0.15, -0.1) is 0 Å². The number of esters is 1. The first-order valence-corrected chi connectivity index (χ1v) is 5.71. The molecule has 1 aromatic carbocycles. The van der Waals surface area contributed by atoms with Gasteiger partial charge in [0.25, 0.3) is 0 Å². The van der Waals surface area contributed by atoms with Gasteiger partial charge in [0.1, 0.15) is 0 Å². The van der Waals surface area contributed by atoms with Gasteiger partial charge >= 0.3 is 11.9 Å². The minimum Gasteiger partial charge on any atom is -0.494 e. The number of hydrogen-bond donors (Lipinski definition) is 1. The molecule has 0 bridgehead atoms. The smallest absolute Gasteiger partial charge is 0.320 e. The lowest BCUT2D eigenvalue weighted by Gasteiger charge is -2.12. The van der Waals surface area contributed by atoms with E-state index in [1.54, 1.807) is 6.92 Å². The van der Waals surface area contributed by atoms with Crippen molar-refractivity contribution in [3.63, 3.8) is 0 Å². The van der Waals surface area contributed by atoms with Crippen LogP contribution in [0.4, 0.5) is 4.39 Å². The Bertz CT molecular complexity index is 472. The summed E-state index contributed by atoms with van der Waals surface area (Å²) in [5.74, 6) is -4.01. The number of halogens is 1. The second kappa shape index (κ2) is 6.72. The van der Waals surface area contributed by atoms with Crippen LogP contribution in [0.15, 0.2) is 18.2 Å². The number of rotatable bonds is 6. The molecule has 1 unspecified atom stereocenters. The molecule has 0 aromatic heterocycles. The van der Waals surface area contributed by atoms with Crippen LogP contribution in [0.25, 0.3) is 0 Å². The first-order chi connectivity index (χ1) is 8.99. The quantitative estimate of drug-likeness (QED) is 0.628. The van der Waals surface area contributed by atoms with Gasteiger partial charge in [-0.25, -0.2) is 4.39 Å². The Morgan fingerprint density at radius 1 is 1.42 bits per heavy atom. The Morgan fingerprint density at radius 2 is 2.11 bits per heavy atom. The molecular weight excluding hydrogens is 255 g/mol. The fourth-order valence-corrected chi connectivity index (χ4v) is 1.59. The van der Waals surface area contributed by atoms with Crippen molar-refractivity contribution in [3.8, 4) is 5.75 Å². The van der Waals surface area contributed by atoms with E-state index >= 15 is 0 Å². The zero-order chi connectivity index (χ0) is 14.4. The standard InChI is InChI=1S/C13H15FO5/c1-3-19-13(17)9(12(15)16)6-8-4-5-11(18-2)10(14)7-8/h4-5,7,9H,3,6H2,1-2H3,(H,15,16). The van der Waals surface area contributed by atoms with E-state index in [-0.39, 0.29) is 18.8 Å². The lowest BCUT2D eigenvalue weighted by Crippen LogP contribution is -2.28. The number of methoxy groups -OCH3 is 1. The second-order valence-corrected chi connectivity index (χ2v) is 3.82. The number of aliphatic carboxylic acids is 1. The van der Waals surface area contributed by atoms with Crippen LogP contribution in [0.3, 0.4) is 0 Å². The van der Waals surface area contributed by atoms with Gasteiger partial charge in [0.15, 0.2) is 17.5 Å². The van der Waals surface area contributed by atoms with Gasteiger partial charge < -0.3 is 14.6 Å². The van der Waals surface area contributed by atoms with Crippen molar-refractivity contribution in [3.05, 3.63) is 29.6 Å². The van der Waals surface area contributed by atoms with Gasteiger partial charge in [-0.05, 0) is 31.0 Å². The lowest BCUT2D eigenvalue weighted by molar-refractivity contribution is -0.158. The zero-order valence-electron chi connectivity index (χ0n) is 10.7. The average molecular weight is 270 g/mol. The van der Waals surface area contributed by atoms with E-state index in [1.807, 2.05) is 0 Å². The molecule has 0 saturated heterocycles. The van der Waals surface area contributed by atoms with Crippen molar-refractivity contribution < 1.29 is 28.6 Å². The summed E-state index contributed by atoms with van der Waals surface area (Å²) in [5, 5.41) is 8.98. The third kappa shape index (κ3) is 3.94. The second-order valence-electron chi connectivity index (χ2n) is 3.82. The van der Waals surface area contributed by atoms with Crippen LogP contribution in [0.1, 0.15) is 12.5 Å². The topological polar surface area (TPSA) is 72.8 Å². The highest BCUT2D eigenvalue weighted by atomic mass is 19.1. The molecule has 0 saturated carbocycles. The molecule has 1 aromatic rings. The highest BCUT2D eigenvalue weighted by Gasteiger charge is 2.28. The van der Waals surface area contributed by atoms with Crippen LogP contribution in [-0.2, 0) is 20.7 Å². The van der Waals surface area contributed by atoms with Crippen molar-refractivity contribution >= 4 is 11.9 Å². The predicted octanol–water partition coefficient (Wildman–Crippen LogP) is 1.64. The predicted molar refractivity (Wildman–Crippen MR) is 64.4 cm³/mol. The summed E-state index contributed by atoms with van der Waals surface area (Å²) < 4.78 is 22.9. The van der Waals surface area contributed by atoms with Crippen LogP contribution in [0, 0.1) is 11.7 Å². The highest BCUT2D eigenvalue weighted by molar-refractivity contribution is 5.94. The summed E-state index contributed by atoms with van der Waals surface area (Å²) in [5.41, 5.74) is 0.388. The average Bonchev–Trinajstić information content (AvgIpc) is 2.36. The van der Waals surface area contributed by atoms with E-state index in [0.29, 0.717) is 5.56 Å². The molecule has 0 aliphatic rings. The van der Waals surface area contributed by atoms with Gasteiger partial charge in [-0.1, -0.05) is 6.07 Å². The van der Waals surface area contributed by atoms with Gasteiger partial charge in [0.05, 0.1) is 13.7 Å². The zero-order valence-corrected chi connectivity index (χ0v) is 10.7. The first-order valence-electron chi connectivity index (χ1n) is 5.71. The lowest BCUT2D eigenvalue weighted by atomic mass is 9.99. The van der Waals surface area contributed by atoms with Crippen molar-refractivity contribution in [1.82, 2.24) is 0 Å². The molecule has 0 amide bonds. The minimum absolute atomic E-state index is 0.0618. The molecular formula is C13H15FO5. The minimum atomic E-state index is -1.34. The molecule has 104 valence electrons. The van der Waals surface area contributed by atoms with Gasteiger partial charge in [-0.2, -0.15) is 0 Å². The maximum Gasteiger partial charge on any atom is 0.320 e. The molecule has 1 atom stereocenters. The molecule has 0 aliphatic heterocycles. The molecule has 5 nitrogen and oxygen atoms in total. The largest absolute Gasteiger partial charge is 0.494 e. The number of carbonyl (C=O) groups excluding carboxylic acids is 1. The number of carboxylic acid groups (broad SMARTS) is 1. The number of carbonyl (C=O) groups is 2. The summed E-state index contributed by atoms with van der Waals surface area (Å²) in [7, 11) is 1.33. The molecule has 0 aliphatic carbocycles. The summed E-state index contributed by atoms with van der Waals surface area (Å²) in [6, 6.07) is 4.04. The first kappa shape index (κ1) is 14.9. The third-order valence-electron chi connectivity index (χ3n) is 2.53. The fraction of sp³-hybridized carbons (Fsp3) is 0.385. The number of benzene rings is 1.